The Morgan fingerprint density at radius 3 is 1.33 bits per heavy atom. The van der Waals surface area contributed by atoms with Gasteiger partial charge in [0.1, 0.15) is 26.4 Å². The number of hydroxylamine groups is 2. The van der Waals surface area contributed by atoms with Gasteiger partial charge in [0.05, 0.1) is 0 Å². The summed E-state index contributed by atoms with van der Waals surface area (Å²) in [6, 6.07) is 0. The molecule has 10 heteroatoms. The molecule has 1 saturated carbocycles. The van der Waals surface area contributed by atoms with Gasteiger partial charge in [0.15, 0.2) is 0 Å². The minimum absolute atomic E-state index is 0.00524. The third kappa shape index (κ3) is 9.66. The number of amides is 2. The zero-order valence-corrected chi connectivity index (χ0v) is 17.5. The van der Waals surface area contributed by atoms with Gasteiger partial charge in [-0.2, -0.15) is 0 Å². The summed E-state index contributed by atoms with van der Waals surface area (Å²) in [4.78, 5) is 56.6. The number of nitrogens with one attached hydrogen (secondary N) is 2. The first kappa shape index (κ1) is 25.3. The largest absolute Gasteiger partial charge is 0.460 e. The maximum atomic E-state index is 12.1. The molecule has 0 saturated heterocycles. The molecule has 2 amide bonds. The Hall–Kier alpha value is -2.72. The summed E-state index contributed by atoms with van der Waals surface area (Å²) in [6.45, 7) is 10.1. The molecular formula is C20H30N2O8. The fourth-order valence-corrected chi connectivity index (χ4v) is 2.63. The van der Waals surface area contributed by atoms with Crippen LogP contribution in [-0.4, -0.2) is 50.2 Å². The zero-order valence-electron chi connectivity index (χ0n) is 17.5. The normalized spacial score (nSPS) is 18.1. The molecule has 0 bridgehead atoms. The molecule has 0 aromatic carbocycles. The van der Waals surface area contributed by atoms with E-state index in [-0.39, 0.29) is 61.2 Å². The molecule has 0 aromatic rings. The van der Waals surface area contributed by atoms with Crippen molar-refractivity contribution in [2.75, 3.05) is 26.4 Å². The van der Waals surface area contributed by atoms with Crippen LogP contribution >= 0.6 is 0 Å². The van der Waals surface area contributed by atoms with Gasteiger partial charge in [0, 0.05) is 23.0 Å². The van der Waals surface area contributed by atoms with Gasteiger partial charge in [0.2, 0.25) is 11.8 Å². The van der Waals surface area contributed by atoms with Crippen LogP contribution in [0.3, 0.4) is 0 Å². The Morgan fingerprint density at radius 2 is 1.03 bits per heavy atom. The van der Waals surface area contributed by atoms with Crippen LogP contribution in [0.15, 0.2) is 24.3 Å². The third-order valence-electron chi connectivity index (χ3n) is 4.35. The van der Waals surface area contributed by atoms with E-state index in [0.717, 1.165) is 0 Å². The van der Waals surface area contributed by atoms with Crippen LogP contribution in [0.4, 0.5) is 0 Å². The minimum Gasteiger partial charge on any atom is -0.460 e. The third-order valence-corrected chi connectivity index (χ3v) is 4.35. The van der Waals surface area contributed by atoms with E-state index in [1.165, 1.54) is 13.8 Å². The predicted octanol–water partition coefficient (Wildman–Crippen LogP) is 1.13. The van der Waals surface area contributed by atoms with Crippen LogP contribution in [0.1, 0.15) is 39.5 Å². The minimum atomic E-state index is -0.515. The van der Waals surface area contributed by atoms with Gasteiger partial charge >= 0.3 is 11.9 Å². The summed E-state index contributed by atoms with van der Waals surface area (Å²) in [5, 5.41) is 0. The fourth-order valence-electron chi connectivity index (χ4n) is 2.63. The number of ether oxygens (including phenoxy) is 2. The Labute approximate surface area is 175 Å². The molecule has 1 fully saturated rings. The molecule has 1 aliphatic carbocycles. The highest BCUT2D eigenvalue weighted by Crippen LogP contribution is 2.29. The van der Waals surface area contributed by atoms with Gasteiger partial charge in [-0.1, -0.05) is 13.2 Å². The highest BCUT2D eigenvalue weighted by atomic mass is 16.7. The molecule has 0 aromatic heterocycles. The van der Waals surface area contributed by atoms with Gasteiger partial charge in [-0.05, 0) is 39.5 Å². The summed E-state index contributed by atoms with van der Waals surface area (Å²) < 4.78 is 9.68. The zero-order chi connectivity index (χ0) is 22.5. The van der Waals surface area contributed by atoms with Gasteiger partial charge in [-0.3, -0.25) is 19.3 Å². The topological polar surface area (TPSA) is 129 Å². The van der Waals surface area contributed by atoms with Crippen molar-refractivity contribution >= 4 is 23.8 Å². The summed E-state index contributed by atoms with van der Waals surface area (Å²) in [6.07, 6.45) is 2.14. The Bertz CT molecular complexity index is 597. The number of hydrogen-bond acceptors (Lipinski definition) is 8. The van der Waals surface area contributed by atoms with Gasteiger partial charge in [0.25, 0.3) is 0 Å². The first-order chi connectivity index (χ1) is 14.2. The molecule has 30 heavy (non-hydrogen) atoms. The molecule has 0 aliphatic heterocycles. The average Bonchev–Trinajstić information content (AvgIpc) is 2.72. The molecular weight excluding hydrogens is 396 g/mol. The second-order valence-corrected chi connectivity index (χ2v) is 7.01. The molecule has 2 N–H and O–H groups in total. The molecule has 0 heterocycles. The van der Waals surface area contributed by atoms with E-state index in [1.54, 1.807) is 0 Å². The van der Waals surface area contributed by atoms with Crippen molar-refractivity contribution in [3.63, 3.8) is 0 Å². The van der Waals surface area contributed by atoms with Crippen molar-refractivity contribution in [3.8, 4) is 0 Å². The molecule has 10 nitrogen and oxygen atoms in total. The quantitative estimate of drug-likeness (QED) is 0.206. The number of carbonyl (C=O) groups is 4. The van der Waals surface area contributed by atoms with Crippen LogP contribution < -0.4 is 11.0 Å². The van der Waals surface area contributed by atoms with E-state index in [1.807, 2.05) is 0 Å². The highest BCUT2D eigenvalue weighted by Gasteiger charge is 2.30. The summed E-state index contributed by atoms with van der Waals surface area (Å²) >= 11 is 0. The lowest BCUT2D eigenvalue weighted by molar-refractivity contribution is -0.149. The van der Waals surface area contributed by atoms with Crippen molar-refractivity contribution in [2.24, 2.45) is 11.8 Å². The lowest BCUT2D eigenvalue weighted by Gasteiger charge is -2.26. The molecule has 1 aliphatic rings. The van der Waals surface area contributed by atoms with E-state index in [4.69, 9.17) is 19.1 Å². The second kappa shape index (κ2) is 13.5. The van der Waals surface area contributed by atoms with Crippen molar-refractivity contribution in [1.82, 2.24) is 11.0 Å². The Kier molecular flexibility index (Phi) is 11.4. The Morgan fingerprint density at radius 1 is 0.700 bits per heavy atom. The van der Waals surface area contributed by atoms with Crippen LogP contribution in [0.2, 0.25) is 0 Å². The van der Waals surface area contributed by atoms with Crippen molar-refractivity contribution < 1.29 is 38.3 Å². The smallest absolute Gasteiger partial charge is 0.333 e. The first-order valence-corrected chi connectivity index (χ1v) is 9.71. The average molecular weight is 426 g/mol. The van der Waals surface area contributed by atoms with Crippen molar-refractivity contribution in [1.29, 1.82) is 0 Å². The number of rotatable bonds is 12. The van der Waals surface area contributed by atoms with Gasteiger partial charge < -0.3 is 9.47 Å². The molecule has 168 valence electrons. The summed E-state index contributed by atoms with van der Waals surface area (Å²) in [5.41, 5.74) is 5.26. The maximum absolute atomic E-state index is 12.1. The second-order valence-electron chi connectivity index (χ2n) is 7.01. The van der Waals surface area contributed by atoms with Gasteiger partial charge in [-0.15, -0.1) is 0 Å². The monoisotopic (exact) mass is 426 g/mol. The van der Waals surface area contributed by atoms with E-state index in [0.29, 0.717) is 25.7 Å². The SMILES string of the molecule is C=C(C)C(=O)OCCONC(=O)C1CCC(C(=O)NOCCOC(=O)C(=C)C)CC1. The summed E-state index contributed by atoms with van der Waals surface area (Å²) in [7, 11) is 0. The van der Waals surface area contributed by atoms with Crippen LogP contribution in [-0.2, 0) is 38.3 Å². The predicted molar refractivity (Wildman–Crippen MR) is 105 cm³/mol. The fraction of sp³-hybridized carbons (Fsp3) is 0.600. The van der Waals surface area contributed by atoms with Crippen molar-refractivity contribution in [3.05, 3.63) is 24.3 Å². The number of hydrogen-bond donors (Lipinski definition) is 2. The van der Waals surface area contributed by atoms with Crippen LogP contribution in [0.5, 0.6) is 0 Å². The van der Waals surface area contributed by atoms with Crippen LogP contribution in [0.25, 0.3) is 0 Å². The molecule has 1 rings (SSSR count). The van der Waals surface area contributed by atoms with Crippen molar-refractivity contribution in [2.45, 2.75) is 39.5 Å². The lowest BCUT2D eigenvalue weighted by atomic mass is 9.81. The summed E-state index contributed by atoms with van der Waals surface area (Å²) in [5.74, 6) is -2.08. The van der Waals surface area contributed by atoms with E-state index in [9.17, 15) is 19.2 Å². The van der Waals surface area contributed by atoms with Gasteiger partial charge in [-0.25, -0.2) is 20.5 Å². The maximum Gasteiger partial charge on any atom is 0.333 e. The molecule has 0 spiro atoms. The van der Waals surface area contributed by atoms with E-state index >= 15 is 0 Å². The number of carbonyl (C=O) groups excluding carboxylic acids is 4. The first-order valence-electron chi connectivity index (χ1n) is 9.71. The lowest BCUT2D eigenvalue weighted by Crippen LogP contribution is -2.38. The molecule has 0 unspecified atom stereocenters. The Balaban J connectivity index is 2.13. The van der Waals surface area contributed by atoms with E-state index in [2.05, 4.69) is 24.1 Å². The highest BCUT2D eigenvalue weighted by molar-refractivity contribution is 5.87. The number of esters is 2. The molecule has 0 atom stereocenters. The standard InChI is InChI=1S/C20H30N2O8/c1-13(2)19(25)27-9-11-29-21-17(23)15-5-7-16(8-6-15)18(24)22-30-12-10-28-20(26)14(3)4/h15-16H,1,3,5-12H2,2,4H3,(H,21,23)(H,22,24). The van der Waals surface area contributed by atoms with E-state index < -0.39 is 11.9 Å². The van der Waals surface area contributed by atoms with Crippen LogP contribution in [0, 0.1) is 11.8 Å². The molecule has 0 radical (unpaired) electrons.